The zero-order valence-corrected chi connectivity index (χ0v) is 10.7. The van der Waals surface area contributed by atoms with Crippen molar-refractivity contribution in [2.75, 3.05) is 12.8 Å². The average molecular weight is 262 g/mol. The van der Waals surface area contributed by atoms with Crippen LogP contribution < -0.4 is 5.73 Å². The van der Waals surface area contributed by atoms with Crippen LogP contribution in [0, 0.1) is 11.6 Å². The largest absolute Gasteiger partial charge is 0.399 e. The highest BCUT2D eigenvalue weighted by atomic mass is 19.1. The lowest BCUT2D eigenvalue weighted by Gasteiger charge is -2.17. The van der Waals surface area contributed by atoms with Gasteiger partial charge in [-0.2, -0.15) is 0 Å². The standard InChI is InChI=1S/C15H16F2N2/c1-19(9-11-3-2-4-14(18)7-11)10-12-8-13(16)5-6-15(12)17/h2-8H,9-10,18H2,1H3. The molecule has 0 bridgehead atoms. The molecule has 0 saturated heterocycles. The fourth-order valence-corrected chi connectivity index (χ4v) is 2.01. The first kappa shape index (κ1) is 13.5. The van der Waals surface area contributed by atoms with Gasteiger partial charge in [0.2, 0.25) is 0 Å². The lowest BCUT2D eigenvalue weighted by Crippen LogP contribution is -2.18. The molecule has 2 aromatic carbocycles. The van der Waals surface area contributed by atoms with Crippen molar-refractivity contribution in [2.45, 2.75) is 13.1 Å². The number of benzene rings is 2. The quantitative estimate of drug-likeness (QED) is 0.857. The second-order valence-corrected chi connectivity index (χ2v) is 4.65. The summed E-state index contributed by atoms with van der Waals surface area (Å²) in [5, 5.41) is 0. The van der Waals surface area contributed by atoms with Gasteiger partial charge in [0.25, 0.3) is 0 Å². The Morgan fingerprint density at radius 2 is 1.84 bits per heavy atom. The molecule has 0 heterocycles. The van der Waals surface area contributed by atoms with E-state index in [-0.39, 0.29) is 5.82 Å². The SMILES string of the molecule is CN(Cc1cccc(N)c1)Cc1cc(F)ccc1F. The summed E-state index contributed by atoms with van der Waals surface area (Å²) in [6.45, 7) is 0.972. The Kier molecular flexibility index (Phi) is 4.12. The van der Waals surface area contributed by atoms with Crippen LogP contribution in [0.15, 0.2) is 42.5 Å². The number of halogens is 2. The minimum Gasteiger partial charge on any atom is -0.399 e. The molecule has 0 fully saturated rings. The van der Waals surface area contributed by atoms with E-state index >= 15 is 0 Å². The van der Waals surface area contributed by atoms with E-state index in [1.807, 2.05) is 36.2 Å². The number of nitrogens with two attached hydrogens (primary N) is 1. The molecule has 2 N–H and O–H groups in total. The zero-order chi connectivity index (χ0) is 13.8. The fraction of sp³-hybridized carbons (Fsp3) is 0.200. The molecule has 0 spiro atoms. The van der Waals surface area contributed by atoms with Crippen molar-refractivity contribution in [3.8, 4) is 0 Å². The molecule has 4 heteroatoms. The molecule has 100 valence electrons. The first-order valence-electron chi connectivity index (χ1n) is 6.01. The van der Waals surface area contributed by atoms with Gasteiger partial charge in [0.15, 0.2) is 0 Å². The molecule has 2 aromatic rings. The van der Waals surface area contributed by atoms with Crippen LogP contribution in [0.2, 0.25) is 0 Å². The van der Waals surface area contributed by atoms with Gasteiger partial charge in [-0.25, -0.2) is 8.78 Å². The molecule has 0 aliphatic carbocycles. The van der Waals surface area contributed by atoms with Gasteiger partial charge in [-0.1, -0.05) is 12.1 Å². The van der Waals surface area contributed by atoms with Gasteiger partial charge in [0.1, 0.15) is 11.6 Å². The van der Waals surface area contributed by atoms with Crippen molar-refractivity contribution in [1.29, 1.82) is 0 Å². The molecule has 0 unspecified atom stereocenters. The summed E-state index contributed by atoms with van der Waals surface area (Å²) < 4.78 is 26.6. The number of rotatable bonds is 4. The summed E-state index contributed by atoms with van der Waals surface area (Å²) in [6.07, 6.45) is 0. The second kappa shape index (κ2) is 5.80. The van der Waals surface area contributed by atoms with Crippen LogP contribution in [0.5, 0.6) is 0 Å². The van der Waals surface area contributed by atoms with Gasteiger partial charge in [0, 0.05) is 24.3 Å². The zero-order valence-electron chi connectivity index (χ0n) is 10.7. The molecule has 2 nitrogen and oxygen atoms in total. The Bertz CT molecular complexity index is 570. The van der Waals surface area contributed by atoms with Crippen molar-refractivity contribution in [2.24, 2.45) is 0 Å². The number of hydrogen-bond acceptors (Lipinski definition) is 2. The maximum Gasteiger partial charge on any atom is 0.127 e. The number of nitrogens with zero attached hydrogens (tertiary/aromatic N) is 1. The Hall–Kier alpha value is -1.94. The van der Waals surface area contributed by atoms with Crippen molar-refractivity contribution in [1.82, 2.24) is 4.90 Å². The summed E-state index contributed by atoms with van der Waals surface area (Å²) >= 11 is 0. The fourth-order valence-electron chi connectivity index (χ4n) is 2.01. The maximum absolute atomic E-state index is 13.5. The number of hydrogen-bond donors (Lipinski definition) is 1. The normalized spacial score (nSPS) is 10.9. The summed E-state index contributed by atoms with van der Waals surface area (Å²) in [6, 6.07) is 11.0. The van der Waals surface area contributed by atoms with E-state index in [0.29, 0.717) is 24.3 Å². The summed E-state index contributed by atoms with van der Waals surface area (Å²) in [5.74, 6) is -0.811. The van der Waals surface area contributed by atoms with Crippen molar-refractivity contribution < 1.29 is 8.78 Å². The van der Waals surface area contributed by atoms with E-state index in [9.17, 15) is 8.78 Å². The highest BCUT2D eigenvalue weighted by molar-refractivity contribution is 5.40. The first-order valence-corrected chi connectivity index (χ1v) is 6.01. The lowest BCUT2D eigenvalue weighted by molar-refractivity contribution is 0.313. The van der Waals surface area contributed by atoms with Gasteiger partial charge in [-0.05, 0) is 42.9 Å². The predicted molar refractivity (Wildman–Crippen MR) is 72.4 cm³/mol. The van der Waals surface area contributed by atoms with Crippen LogP contribution in [0.1, 0.15) is 11.1 Å². The molecule has 0 aromatic heterocycles. The van der Waals surface area contributed by atoms with Crippen LogP contribution in [-0.4, -0.2) is 11.9 Å². The summed E-state index contributed by atoms with van der Waals surface area (Å²) in [5.41, 5.74) is 7.79. The van der Waals surface area contributed by atoms with Gasteiger partial charge >= 0.3 is 0 Å². The van der Waals surface area contributed by atoms with Crippen LogP contribution in [0.3, 0.4) is 0 Å². The number of nitrogen functional groups attached to an aromatic ring is 1. The smallest absolute Gasteiger partial charge is 0.127 e. The molecule has 19 heavy (non-hydrogen) atoms. The van der Waals surface area contributed by atoms with E-state index in [1.165, 1.54) is 6.07 Å². The monoisotopic (exact) mass is 262 g/mol. The van der Waals surface area contributed by atoms with E-state index in [0.717, 1.165) is 17.7 Å². The molecule has 2 rings (SSSR count). The average Bonchev–Trinajstić information content (AvgIpc) is 2.34. The Morgan fingerprint density at radius 1 is 1.05 bits per heavy atom. The van der Waals surface area contributed by atoms with Crippen LogP contribution in [-0.2, 0) is 13.1 Å². The highest BCUT2D eigenvalue weighted by Crippen LogP contribution is 2.14. The molecular weight excluding hydrogens is 246 g/mol. The molecule has 0 saturated carbocycles. The summed E-state index contributed by atoms with van der Waals surface area (Å²) in [4.78, 5) is 1.91. The lowest BCUT2D eigenvalue weighted by atomic mass is 10.1. The van der Waals surface area contributed by atoms with Gasteiger partial charge < -0.3 is 5.73 Å². The van der Waals surface area contributed by atoms with E-state index in [2.05, 4.69) is 0 Å². The van der Waals surface area contributed by atoms with Crippen molar-refractivity contribution in [3.05, 3.63) is 65.2 Å². The van der Waals surface area contributed by atoms with E-state index in [1.54, 1.807) is 0 Å². The van der Waals surface area contributed by atoms with Gasteiger partial charge in [-0.15, -0.1) is 0 Å². The first-order chi connectivity index (χ1) is 9.04. The third-order valence-electron chi connectivity index (χ3n) is 2.85. The Balaban J connectivity index is 2.05. The molecule has 0 atom stereocenters. The molecular formula is C15H16F2N2. The highest BCUT2D eigenvalue weighted by Gasteiger charge is 2.07. The van der Waals surface area contributed by atoms with E-state index in [4.69, 9.17) is 5.73 Å². The maximum atomic E-state index is 13.5. The molecule has 0 aliphatic heterocycles. The van der Waals surface area contributed by atoms with Crippen LogP contribution in [0.25, 0.3) is 0 Å². The molecule has 0 radical (unpaired) electrons. The Morgan fingerprint density at radius 3 is 2.58 bits per heavy atom. The number of anilines is 1. The van der Waals surface area contributed by atoms with Gasteiger partial charge in [0.05, 0.1) is 0 Å². The minimum absolute atomic E-state index is 0.346. The third-order valence-corrected chi connectivity index (χ3v) is 2.85. The summed E-state index contributed by atoms with van der Waals surface area (Å²) in [7, 11) is 1.85. The topological polar surface area (TPSA) is 29.3 Å². The predicted octanol–water partition coefficient (Wildman–Crippen LogP) is 3.18. The van der Waals surface area contributed by atoms with E-state index < -0.39 is 5.82 Å². The van der Waals surface area contributed by atoms with Crippen molar-refractivity contribution in [3.63, 3.8) is 0 Å². The van der Waals surface area contributed by atoms with Crippen molar-refractivity contribution >= 4 is 5.69 Å². The molecule has 0 amide bonds. The minimum atomic E-state index is -0.422. The Labute approximate surface area is 111 Å². The van der Waals surface area contributed by atoms with Crippen LogP contribution >= 0.6 is 0 Å². The van der Waals surface area contributed by atoms with Crippen LogP contribution in [0.4, 0.5) is 14.5 Å². The third kappa shape index (κ3) is 3.76. The second-order valence-electron chi connectivity index (χ2n) is 4.65. The van der Waals surface area contributed by atoms with Gasteiger partial charge in [-0.3, -0.25) is 4.90 Å². The molecule has 0 aliphatic rings.